The lowest BCUT2D eigenvalue weighted by Crippen LogP contribution is -2.55. The van der Waals surface area contributed by atoms with Crippen LogP contribution in [0.5, 0.6) is 5.75 Å². The van der Waals surface area contributed by atoms with Gasteiger partial charge in [0, 0.05) is 28.5 Å². The monoisotopic (exact) mass is 527 g/mol. The second-order valence-electron chi connectivity index (χ2n) is 9.75. The first kappa shape index (κ1) is 25.9. The highest BCUT2D eigenvalue weighted by Gasteiger charge is 2.54. The summed E-state index contributed by atoms with van der Waals surface area (Å²) in [4.78, 5) is 11.7. The van der Waals surface area contributed by atoms with Gasteiger partial charge >= 0.3 is 0 Å². The van der Waals surface area contributed by atoms with Gasteiger partial charge in [-0.3, -0.25) is 4.79 Å². The van der Waals surface area contributed by atoms with Crippen molar-refractivity contribution in [1.29, 1.82) is 0 Å². The van der Waals surface area contributed by atoms with E-state index < -0.39 is 49.6 Å². The van der Waals surface area contributed by atoms with Gasteiger partial charge < -0.3 is 15.2 Å². The lowest BCUT2D eigenvalue weighted by Gasteiger charge is -2.51. The molecule has 0 bridgehead atoms. The van der Waals surface area contributed by atoms with Crippen LogP contribution in [-0.2, 0) is 31.2 Å². The van der Waals surface area contributed by atoms with E-state index in [2.05, 4.69) is 0 Å². The zero-order chi connectivity index (χ0) is 25.6. The Morgan fingerprint density at radius 1 is 1.17 bits per heavy atom. The predicted octanol–water partition coefficient (Wildman–Crippen LogP) is 3.97. The van der Waals surface area contributed by atoms with Crippen molar-refractivity contribution in [3.63, 3.8) is 0 Å². The van der Waals surface area contributed by atoms with Crippen molar-refractivity contribution >= 4 is 27.3 Å². The molecule has 0 saturated carbocycles. The van der Waals surface area contributed by atoms with Gasteiger partial charge in [-0.25, -0.2) is 17.2 Å². The molecule has 0 spiro atoms. The highest BCUT2D eigenvalue weighted by molar-refractivity contribution is 7.93. The number of rotatable bonds is 7. The first-order valence-electron chi connectivity index (χ1n) is 11.4. The van der Waals surface area contributed by atoms with Crippen LogP contribution in [0.2, 0.25) is 5.02 Å². The topological polar surface area (TPSA) is 95.7 Å². The molecule has 1 fully saturated rings. The largest absolute Gasteiger partial charge is 0.490 e. The van der Waals surface area contributed by atoms with E-state index in [-0.39, 0.29) is 36.7 Å². The maximum Gasteiger partial charge on any atom is 0.238 e. The molecule has 0 radical (unpaired) electrons. The van der Waals surface area contributed by atoms with E-state index in [1.165, 1.54) is 13.8 Å². The molecule has 1 saturated heterocycles. The van der Waals surface area contributed by atoms with Gasteiger partial charge in [0.25, 0.3) is 0 Å². The molecule has 2 heterocycles. The quantitative estimate of drug-likeness (QED) is 0.588. The van der Waals surface area contributed by atoms with Gasteiger partial charge in [-0.05, 0) is 62.9 Å². The lowest BCUT2D eigenvalue weighted by molar-refractivity contribution is -0.119. The SMILES string of the molecule is CC(C)(C(N)=O)S(=O)(=O)CC[C@@H]1OCC[C@@]2(Cc3ccc(Cl)cc3)c3c(F)ccc(F)c3OC[C@@H]12. The summed E-state index contributed by atoms with van der Waals surface area (Å²) in [6.07, 6.45) is 0.199. The summed E-state index contributed by atoms with van der Waals surface area (Å²) in [5.74, 6) is -3.08. The molecule has 0 aliphatic carbocycles. The van der Waals surface area contributed by atoms with Gasteiger partial charge in [0.2, 0.25) is 5.91 Å². The summed E-state index contributed by atoms with van der Waals surface area (Å²) in [7, 11) is -3.90. The molecule has 2 aromatic carbocycles. The van der Waals surface area contributed by atoms with Crippen LogP contribution in [0.4, 0.5) is 8.78 Å². The van der Waals surface area contributed by atoms with Gasteiger partial charge in [-0.15, -0.1) is 0 Å². The molecule has 2 aromatic rings. The Bertz CT molecular complexity index is 1240. The number of nitrogens with two attached hydrogens (primary N) is 1. The minimum Gasteiger partial charge on any atom is -0.490 e. The lowest BCUT2D eigenvalue weighted by atomic mass is 9.60. The number of carbonyl (C=O) groups is 1. The summed E-state index contributed by atoms with van der Waals surface area (Å²) < 4.78 is 65.8. The zero-order valence-corrected chi connectivity index (χ0v) is 21.1. The molecule has 35 heavy (non-hydrogen) atoms. The number of ether oxygens (including phenoxy) is 2. The fraction of sp³-hybridized carbons (Fsp3) is 0.480. The van der Waals surface area contributed by atoms with E-state index in [0.717, 1.165) is 17.7 Å². The minimum atomic E-state index is -3.90. The van der Waals surface area contributed by atoms with Gasteiger partial charge in [0.1, 0.15) is 10.6 Å². The maximum atomic E-state index is 15.3. The van der Waals surface area contributed by atoms with E-state index in [0.29, 0.717) is 17.9 Å². The fourth-order valence-electron chi connectivity index (χ4n) is 5.18. The Morgan fingerprint density at radius 2 is 1.83 bits per heavy atom. The molecule has 10 heteroatoms. The Labute approximate surface area is 208 Å². The number of sulfone groups is 1. The fourth-order valence-corrected chi connectivity index (χ4v) is 6.66. The summed E-state index contributed by atoms with van der Waals surface area (Å²) in [6, 6.07) is 9.28. The summed E-state index contributed by atoms with van der Waals surface area (Å²) >= 11 is 6.04. The van der Waals surface area contributed by atoms with Crippen LogP contribution in [0.3, 0.4) is 0 Å². The highest BCUT2D eigenvalue weighted by Crippen LogP contribution is 2.52. The van der Waals surface area contributed by atoms with Crippen molar-refractivity contribution in [2.75, 3.05) is 19.0 Å². The first-order chi connectivity index (χ1) is 16.4. The smallest absolute Gasteiger partial charge is 0.238 e. The Hall–Kier alpha value is -2.23. The summed E-state index contributed by atoms with van der Waals surface area (Å²) in [5, 5.41) is 0.555. The third-order valence-electron chi connectivity index (χ3n) is 7.48. The van der Waals surface area contributed by atoms with Crippen molar-refractivity contribution in [1.82, 2.24) is 0 Å². The molecular weight excluding hydrogens is 500 g/mol. The van der Waals surface area contributed by atoms with Gasteiger partial charge in [-0.1, -0.05) is 23.7 Å². The first-order valence-corrected chi connectivity index (χ1v) is 13.4. The second kappa shape index (κ2) is 9.33. The molecule has 3 atom stereocenters. The molecule has 190 valence electrons. The number of fused-ring (bicyclic) bond motifs is 3. The maximum absolute atomic E-state index is 15.3. The van der Waals surface area contributed by atoms with Crippen LogP contribution in [0.15, 0.2) is 36.4 Å². The number of halogens is 3. The van der Waals surface area contributed by atoms with Crippen molar-refractivity contribution in [2.24, 2.45) is 11.7 Å². The van der Waals surface area contributed by atoms with Gasteiger partial charge in [0.05, 0.1) is 18.5 Å². The van der Waals surface area contributed by atoms with Crippen molar-refractivity contribution in [2.45, 2.75) is 49.4 Å². The Balaban J connectivity index is 1.73. The molecule has 4 rings (SSSR count). The Kier molecular flexibility index (Phi) is 6.89. The second-order valence-corrected chi connectivity index (χ2v) is 12.8. The van der Waals surface area contributed by atoms with Crippen LogP contribution in [0, 0.1) is 17.6 Å². The van der Waals surface area contributed by atoms with E-state index in [9.17, 15) is 17.6 Å². The molecule has 2 N–H and O–H groups in total. The number of hydrogen-bond acceptors (Lipinski definition) is 5. The number of primary amides is 1. The van der Waals surface area contributed by atoms with Gasteiger partial charge in [0.15, 0.2) is 21.4 Å². The van der Waals surface area contributed by atoms with Crippen LogP contribution in [-0.4, -0.2) is 44.1 Å². The molecule has 0 unspecified atom stereocenters. The molecule has 1 amide bonds. The van der Waals surface area contributed by atoms with Crippen LogP contribution < -0.4 is 10.5 Å². The number of carbonyl (C=O) groups excluding carboxylic acids is 1. The highest BCUT2D eigenvalue weighted by atomic mass is 35.5. The summed E-state index contributed by atoms with van der Waals surface area (Å²) in [6.45, 7) is 2.80. The third-order valence-corrected chi connectivity index (χ3v) is 10.3. The van der Waals surface area contributed by atoms with E-state index in [1.54, 1.807) is 12.1 Å². The standard InChI is InChI=1S/C25H28ClF2NO5S/c1-24(2,23(29)30)35(31,32)12-9-20-17-14-34-22-19(28)8-7-18(27)21(22)25(17,10-11-33-20)13-15-3-5-16(26)6-4-15/h3-8,17,20H,9-14H2,1-2H3,(H2,29,30)/t17-,20-,25-/m0/s1. The Morgan fingerprint density at radius 3 is 2.49 bits per heavy atom. The normalized spacial score (nSPS) is 24.3. The van der Waals surface area contributed by atoms with E-state index in [4.69, 9.17) is 26.8 Å². The summed E-state index contributed by atoms with van der Waals surface area (Å²) in [5.41, 5.74) is 5.45. The number of benzene rings is 2. The molecule has 2 aliphatic rings. The molecule has 6 nitrogen and oxygen atoms in total. The van der Waals surface area contributed by atoms with Crippen molar-refractivity contribution in [3.8, 4) is 5.75 Å². The average molecular weight is 528 g/mol. The predicted molar refractivity (Wildman–Crippen MR) is 128 cm³/mol. The van der Waals surface area contributed by atoms with E-state index >= 15 is 4.39 Å². The number of amides is 1. The number of hydrogen-bond donors (Lipinski definition) is 1. The van der Waals surface area contributed by atoms with Crippen molar-refractivity contribution < 1.29 is 31.5 Å². The molecule has 0 aromatic heterocycles. The zero-order valence-electron chi connectivity index (χ0n) is 19.5. The minimum absolute atomic E-state index is 0.0326. The average Bonchev–Trinajstić information content (AvgIpc) is 2.80. The van der Waals surface area contributed by atoms with Crippen LogP contribution >= 0.6 is 11.6 Å². The van der Waals surface area contributed by atoms with Crippen molar-refractivity contribution in [3.05, 3.63) is 64.2 Å². The van der Waals surface area contributed by atoms with Gasteiger partial charge in [-0.2, -0.15) is 0 Å². The molecular formula is C25H28ClF2NO5S. The van der Waals surface area contributed by atoms with Crippen LogP contribution in [0.1, 0.15) is 37.8 Å². The van der Waals surface area contributed by atoms with E-state index in [1.807, 2.05) is 12.1 Å². The molecule has 2 aliphatic heterocycles. The van der Waals surface area contributed by atoms with Crippen LogP contribution in [0.25, 0.3) is 0 Å². The third kappa shape index (κ3) is 4.54.